The Morgan fingerprint density at radius 1 is 1.17 bits per heavy atom. The van der Waals surface area contributed by atoms with E-state index in [2.05, 4.69) is 16.7 Å². The van der Waals surface area contributed by atoms with Crippen LogP contribution in [-0.4, -0.2) is 12.6 Å². The van der Waals surface area contributed by atoms with Crippen LogP contribution in [0.4, 0.5) is 0 Å². The summed E-state index contributed by atoms with van der Waals surface area (Å²) in [6.07, 6.45) is 0. The molecular formula is C18H18NO2S2+. The summed E-state index contributed by atoms with van der Waals surface area (Å²) in [6.45, 7) is 2.23. The van der Waals surface area contributed by atoms with E-state index in [4.69, 9.17) is 4.74 Å². The highest BCUT2D eigenvalue weighted by Crippen LogP contribution is 2.38. The highest BCUT2D eigenvalue weighted by molar-refractivity contribution is 8.01. The van der Waals surface area contributed by atoms with Crippen LogP contribution in [0.5, 0.6) is 0 Å². The zero-order valence-electron chi connectivity index (χ0n) is 13.1. The molecule has 1 atom stereocenters. The van der Waals surface area contributed by atoms with E-state index in [1.54, 1.807) is 23.1 Å². The van der Waals surface area contributed by atoms with Gasteiger partial charge < -0.3 is 4.74 Å². The molecule has 0 saturated heterocycles. The zero-order chi connectivity index (χ0) is 16.2. The average molecular weight is 344 g/mol. The van der Waals surface area contributed by atoms with Gasteiger partial charge in [0.25, 0.3) is 4.34 Å². The van der Waals surface area contributed by atoms with E-state index in [1.807, 2.05) is 56.4 Å². The molecule has 0 saturated carbocycles. The van der Waals surface area contributed by atoms with Crippen LogP contribution in [0.3, 0.4) is 0 Å². The zero-order valence-corrected chi connectivity index (χ0v) is 14.7. The second-order valence-corrected chi connectivity index (χ2v) is 7.44. The monoisotopic (exact) mass is 344 g/mol. The molecule has 3 rings (SSSR count). The smallest absolute Gasteiger partial charge is 0.324 e. The summed E-state index contributed by atoms with van der Waals surface area (Å²) in [5.41, 5.74) is 2.14. The van der Waals surface area contributed by atoms with E-state index in [9.17, 15) is 4.79 Å². The summed E-state index contributed by atoms with van der Waals surface area (Å²) in [5, 5.41) is -0.351. The number of fused-ring (bicyclic) bond motifs is 1. The van der Waals surface area contributed by atoms with Crippen molar-refractivity contribution in [3.63, 3.8) is 0 Å². The molecule has 23 heavy (non-hydrogen) atoms. The minimum absolute atomic E-state index is 0.193. The van der Waals surface area contributed by atoms with Crippen molar-refractivity contribution in [1.82, 2.24) is 0 Å². The van der Waals surface area contributed by atoms with Crippen LogP contribution in [0.25, 0.3) is 10.2 Å². The Labute approximate surface area is 143 Å². The van der Waals surface area contributed by atoms with Crippen molar-refractivity contribution >= 4 is 39.3 Å². The number of hydrogen-bond acceptors (Lipinski definition) is 4. The summed E-state index contributed by atoms with van der Waals surface area (Å²) in [6, 6.07) is 18.1. The summed E-state index contributed by atoms with van der Waals surface area (Å²) in [7, 11) is 2.04. The molecule has 1 aromatic heterocycles. The number of thiazole rings is 1. The first kappa shape index (κ1) is 16.0. The van der Waals surface area contributed by atoms with Crippen LogP contribution in [-0.2, 0) is 16.6 Å². The van der Waals surface area contributed by atoms with Gasteiger partial charge in [-0.2, -0.15) is 4.57 Å². The molecule has 118 valence electrons. The summed E-state index contributed by atoms with van der Waals surface area (Å²) in [4.78, 5) is 12.4. The standard InChI is InChI=1S/C18H18NO2S2/c1-3-21-17(20)16(13-9-5-4-6-10-13)23-18-19(2)14-11-7-8-12-15(14)22-18/h4-12,16H,3H2,1-2H3/q+1. The third-order valence-electron chi connectivity index (χ3n) is 3.52. The van der Waals surface area contributed by atoms with Gasteiger partial charge in [-0.1, -0.05) is 53.8 Å². The van der Waals surface area contributed by atoms with Crippen LogP contribution in [0.2, 0.25) is 0 Å². The Morgan fingerprint density at radius 3 is 2.57 bits per heavy atom. The van der Waals surface area contributed by atoms with Crippen molar-refractivity contribution in [2.24, 2.45) is 7.05 Å². The SMILES string of the molecule is CCOC(=O)C(Sc1sc2ccccc2[n+]1C)c1ccccc1. The van der Waals surface area contributed by atoms with E-state index in [0.29, 0.717) is 6.61 Å². The van der Waals surface area contributed by atoms with Gasteiger partial charge in [0.15, 0.2) is 0 Å². The fourth-order valence-electron chi connectivity index (χ4n) is 2.38. The van der Waals surface area contributed by atoms with Gasteiger partial charge in [-0.05, 0) is 30.3 Å². The molecule has 0 aliphatic carbocycles. The largest absolute Gasteiger partial charge is 0.465 e. The lowest BCUT2D eigenvalue weighted by Gasteiger charge is -2.13. The molecule has 0 fully saturated rings. The third kappa shape index (κ3) is 3.41. The summed E-state index contributed by atoms with van der Waals surface area (Å²) in [5.74, 6) is -0.193. The second-order valence-electron chi connectivity index (χ2n) is 5.06. The number of aromatic nitrogens is 1. The number of aryl methyl sites for hydroxylation is 1. The van der Waals surface area contributed by atoms with Crippen molar-refractivity contribution in [3.05, 3.63) is 60.2 Å². The number of hydrogen-bond donors (Lipinski definition) is 0. The van der Waals surface area contributed by atoms with Crippen LogP contribution < -0.4 is 4.57 Å². The maximum atomic E-state index is 12.4. The molecule has 0 radical (unpaired) electrons. The minimum atomic E-state index is -0.351. The molecule has 5 heteroatoms. The van der Waals surface area contributed by atoms with Crippen molar-refractivity contribution in [2.75, 3.05) is 6.61 Å². The van der Waals surface area contributed by atoms with Gasteiger partial charge in [0.1, 0.15) is 17.0 Å². The van der Waals surface area contributed by atoms with Crippen LogP contribution in [0, 0.1) is 0 Å². The molecule has 0 bridgehead atoms. The first-order valence-corrected chi connectivity index (χ1v) is 9.16. The number of rotatable bonds is 5. The lowest BCUT2D eigenvalue weighted by Crippen LogP contribution is -2.29. The number of nitrogens with zero attached hydrogens (tertiary/aromatic N) is 1. The Hall–Kier alpha value is -1.85. The Balaban J connectivity index is 1.97. The number of para-hydroxylation sites is 1. The van der Waals surface area contributed by atoms with Gasteiger partial charge in [0.2, 0.25) is 5.52 Å². The topological polar surface area (TPSA) is 30.2 Å². The highest BCUT2D eigenvalue weighted by Gasteiger charge is 2.29. The normalized spacial score (nSPS) is 12.3. The van der Waals surface area contributed by atoms with E-state index in [-0.39, 0.29) is 11.2 Å². The van der Waals surface area contributed by atoms with Gasteiger partial charge >= 0.3 is 5.97 Å². The van der Waals surface area contributed by atoms with Gasteiger partial charge in [-0.15, -0.1) is 0 Å². The molecule has 1 unspecified atom stereocenters. The second kappa shape index (κ2) is 7.15. The number of carbonyl (C=O) groups excluding carboxylic acids is 1. The van der Waals surface area contributed by atoms with Gasteiger partial charge in [0, 0.05) is 6.07 Å². The quantitative estimate of drug-likeness (QED) is 0.396. The minimum Gasteiger partial charge on any atom is -0.465 e. The number of esters is 1. The summed E-state index contributed by atoms with van der Waals surface area (Å²) >= 11 is 3.25. The molecule has 3 nitrogen and oxygen atoms in total. The lowest BCUT2D eigenvalue weighted by molar-refractivity contribution is -0.676. The Morgan fingerprint density at radius 2 is 1.87 bits per heavy atom. The molecule has 0 N–H and O–H groups in total. The Bertz CT molecular complexity index is 814. The third-order valence-corrected chi connectivity index (χ3v) is 6.25. The first-order chi connectivity index (χ1) is 11.2. The van der Waals surface area contributed by atoms with Crippen LogP contribution in [0.1, 0.15) is 17.7 Å². The predicted octanol–water partition coefficient (Wildman–Crippen LogP) is 4.12. The maximum Gasteiger partial charge on any atom is 0.324 e. The molecule has 0 amide bonds. The van der Waals surface area contributed by atoms with Crippen molar-refractivity contribution in [1.29, 1.82) is 0 Å². The first-order valence-electron chi connectivity index (χ1n) is 7.46. The molecule has 0 aliphatic heterocycles. The molecule has 0 spiro atoms. The lowest BCUT2D eigenvalue weighted by atomic mass is 10.1. The van der Waals surface area contributed by atoms with Gasteiger partial charge in [0.05, 0.1) is 6.61 Å². The van der Waals surface area contributed by atoms with Crippen molar-refractivity contribution in [3.8, 4) is 0 Å². The van der Waals surface area contributed by atoms with Gasteiger partial charge in [-0.25, -0.2) is 0 Å². The molecular weight excluding hydrogens is 326 g/mol. The van der Waals surface area contributed by atoms with E-state index in [0.717, 1.165) is 9.90 Å². The average Bonchev–Trinajstić information content (AvgIpc) is 2.90. The van der Waals surface area contributed by atoms with Crippen molar-refractivity contribution < 1.29 is 14.1 Å². The predicted molar refractivity (Wildman–Crippen MR) is 94.7 cm³/mol. The van der Waals surface area contributed by atoms with Crippen molar-refractivity contribution in [2.45, 2.75) is 16.5 Å². The van der Waals surface area contributed by atoms with E-state index < -0.39 is 0 Å². The fraction of sp³-hybridized carbons (Fsp3) is 0.222. The molecule has 3 aromatic rings. The maximum absolute atomic E-state index is 12.4. The van der Waals surface area contributed by atoms with Crippen LogP contribution >= 0.6 is 23.1 Å². The Kier molecular flexibility index (Phi) is 4.98. The fourth-order valence-corrected chi connectivity index (χ4v) is 4.93. The number of thioether (sulfide) groups is 1. The number of benzene rings is 2. The van der Waals surface area contributed by atoms with E-state index >= 15 is 0 Å². The molecule has 2 aromatic carbocycles. The van der Waals surface area contributed by atoms with E-state index in [1.165, 1.54) is 10.2 Å². The molecule has 0 aliphatic rings. The summed E-state index contributed by atoms with van der Waals surface area (Å²) < 4.78 is 9.73. The van der Waals surface area contributed by atoms with Crippen LogP contribution in [0.15, 0.2) is 58.9 Å². The molecule has 1 heterocycles. The number of carbonyl (C=O) groups is 1. The highest BCUT2D eigenvalue weighted by atomic mass is 32.2. The number of ether oxygens (including phenoxy) is 1. The van der Waals surface area contributed by atoms with Gasteiger partial charge in [-0.3, -0.25) is 4.79 Å².